The number of hydrogen-bond acceptors (Lipinski definition) is 3. The van der Waals surface area contributed by atoms with Gasteiger partial charge < -0.3 is 5.32 Å². The molecule has 1 unspecified atom stereocenters. The Hall–Kier alpha value is -2.66. The van der Waals surface area contributed by atoms with Crippen LogP contribution in [0.15, 0.2) is 59.7 Å². The van der Waals surface area contributed by atoms with Crippen molar-refractivity contribution in [1.29, 1.82) is 0 Å². The number of amides is 1. The van der Waals surface area contributed by atoms with E-state index >= 15 is 0 Å². The minimum atomic E-state index is -0.121. The Morgan fingerprint density at radius 2 is 1.93 bits per heavy atom. The Bertz CT molecular complexity index is 1030. The number of rotatable bonds is 6. The number of hydrogen-bond donors (Lipinski definition) is 1. The summed E-state index contributed by atoms with van der Waals surface area (Å²) >= 11 is 5.97. The highest BCUT2D eigenvalue weighted by Crippen LogP contribution is 2.41. The van der Waals surface area contributed by atoms with E-state index in [-0.39, 0.29) is 23.9 Å². The third-order valence-corrected chi connectivity index (χ3v) is 5.20. The van der Waals surface area contributed by atoms with Crippen molar-refractivity contribution in [3.05, 3.63) is 75.8 Å². The van der Waals surface area contributed by atoms with Crippen molar-refractivity contribution in [1.82, 2.24) is 14.9 Å². The van der Waals surface area contributed by atoms with E-state index in [1.807, 2.05) is 36.4 Å². The third-order valence-electron chi connectivity index (χ3n) is 4.95. The first-order valence-corrected chi connectivity index (χ1v) is 9.48. The van der Waals surface area contributed by atoms with Crippen LogP contribution in [-0.4, -0.2) is 15.5 Å². The van der Waals surface area contributed by atoms with E-state index in [4.69, 9.17) is 11.6 Å². The second-order valence-electron chi connectivity index (χ2n) is 6.94. The molecular weight excluding hydrogens is 362 g/mol. The van der Waals surface area contributed by atoms with Gasteiger partial charge in [0.1, 0.15) is 0 Å². The molecule has 0 bridgehead atoms. The number of carbonyl (C=O) groups is 1. The van der Waals surface area contributed by atoms with Crippen LogP contribution in [0.3, 0.4) is 0 Å². The third kappa shape index (κ3) is 4.03. The Labute approximate surface area is 162 Å². The van der Waals surface area contributed by atoms with Crippen molar-refractivity contribution >= 4 is 28.4 Å². The molecule has 0 aliphatic heterocycles. The van der Waals surface area contributed by atoms with Crippen molar-refractivity contribution in [3.8, 4) is 0 Å². The zero-order chi connectivity index (χ0) is 18.8. The lowest BCUT2D eigenvalue weighted by atomic mass is 10.0. The van der Waals surface area contributed by atoms with Gasteiger partial charge in [-0.2, -0.15) is 0 Å². The molecule has 1 heterocycles. The zero-order valence-corrected chi connectivity index (χ0v) is 15.5. The molecule has 1 aliphatic rings. The number of nitrogens with zero attached hydrogens (tertiary/aromatic N) is 2. The lowest BCUT2D eigenvalue weighted by Gasteiger charge is -2.19. The number of benzene rings is 2. The summed E-state index contributed by atoms with van der Waals surface area (Å²) in [5, 5.41) is 4.37. The van der Waals surface area contributed by atoms with Gasteiger partial charge in [-0.05, 0) is 48.6 Å². The van der Waals surface area contributed by atoms with Gasteiger partial charge >= 0.3 is 0 Å². The lowest BCUT2D eigenvalue weighted by Crippen LogP contribution is -2.31. The number of nitrogens with one attached hydrogen (secondary N) is 1. The highest BCUT2D eigenvalue weighted by Gasteiger charge is 2.33. The van der Waals surface area contributed by atoms with Crippen molar-refractivity contribution < 1.29 is 4.79 Å². The number of halogens is 1. The molecule has 27 heavy (non-hydrogen) atoms. The molecule has 1 atom stereocenters. The van der Waals surface area contributed by atoms with Crippen LogP contribution in [0.1, 0.15) is 30.9 Å². The van der Waals surface area contributed by atoms with Gasteiger partial charge in [0.25, 0.3) is 5.56 Å². The van der Waals surface area contributed by atoms with Crippen molar-refractivity contribution in [2.24, 2.45) is 5.92 Å². The van der Waals surface area contributed by atoms with Gasteiger partial charge in [-0.1, -0.05) is 35.9 Å². The Morgan fingerprint density at radius 3 is 2.67 bits per heavy atom. The fourth-order valence-electron chi connectivity index (χ4n) is 3.31. The van der Waals surface area contributed by atoms with Crippen LogP contribution < -0.4 is 10.9 Å². The first-order chi connectivity index (χ1) is 13.1. The molecule has 138 valence electrons. The standard InChI is InChI=1S/C21H20ClN3O2/c22-16-9-7-15(8-10-16)20(14-5-6-14)24-19(26)11-12-25-13-23-18-4-2-1-3-17(18)21(25)27/h1-4,7-10,13-14,20H,5-6,11-12H2,(H,24,26). The van der Waals surface area contributed by atoms with E-state index in [1.165, 1.54) is 10.9 Å². The number of aromatic nitrogens is 2. The minimum Gasteiger partial charge on any atom is -0.349 e. The van der Waals surface area contributed by atoms with E-state index in [2.05, 4.69) is 10.3 Å². The molecule has 1 saturated carbocycles. The van der Waals surface area contributed by atoms with Crippen LogP contribution >= 0.6 is 11.6 Å². The molecular formula is C21H20ClN3O2. The fraction of sp³-hybridized carbons (Fsp3) is 0.286. The highest BCUT2D eigenvalue weighted by molar-refractivity contribution is 6.30. The van der Waals surface area contributed by atoms with E-state index in [0.29, 0.717) is 28.4 Å². The Morgan fingerprint density at radius 1 is 1.19 bits per heavy atom. The first kappa shape index (κ1) is 17.7. The quantitative estimate of drug-likeness (QED) is 0.708. The topological polar surface area (TPSA) is 64.0 Å². The van der Waals surface area contributed by atoms with Crippen LogP contribution in [0, 0.1) is 5.92 Å². The number of aryl methyl sites for hydroxylation is 1. The van der Waals surface area contributed by atoms with Crippen molar-refractivity contribution in [2.75, 3.05) is 0 Å². The Kier molecular flexibility index (Phi) is 4.94. The highest BCUT2D eigenvalue weighted by atomic mass is 35.5. The van der Waals surface area contributed by atoms with E-state index in [0.717, 1.165) is 18.4 Å². The molecule has 1 aromatic heterocycles. The maximum atomic E-state index is 12.5. The average Bonchev–Trinajstić information content (AvgIpc) is 3.52. The molecule has 0 spiro atoms. The monoisotopic (exact) mass is 381 g/mol. The molecule has 1 fully saturated rings. The molecule has 6 heteroatoms. The molecule has 1 N–H and O–H groups in total. The van der Waals surface area contributed by atoms with Gasteiger partial charge in [-0.3, -0.25) is 14.2 Å². The van der Waals surface area contributed by atoms with E-state index in [9.17, 15) is 9.59 Å². The van der Waals surface area contributed by atoms with E-state index in [1.54, 1.807) is 12.1 Å². The second-order valence-corrected chi connectivity index (χ2v) is 7.38. The zero-order valence-electron chi connectivity index (χ0n) is 14.8. The Balaban J connectivity index is 1.44. The van der Waals surface area contributed by atoms with Gasteiger partial charge in [0.15, 0.2) is 0 Å². The minimum absolute atomic E-state index is 0.00113. The summed E-state index contributed by atoms with van der Waals surface area (Å²) in [6.45, 7) is 0.306. The van der Waals surface area contributed by atoms with Gasteiger partial charge in [0, 0.05) is 18.0 Å². The predicted octanol–water partition coefficient (Wildman–Crippen LogP) is 3.71. The lowest BCUT2D eigenvalue weighted by molar-refractivity contribution is -0.122. The molecule has 0 saturated heterocycles. The molecule has 5 nitrogen and oxygen atoms in total. The van der Waals surface area contributed by atoms with Gasteiger partial charge in [0.2, 0.25) is 5.91 Å². The maximum Gasteiger partial charge on any atom is 0.261 e. The molecule has 1 amide bonds. The average molecular weight is 382 g/mol. The molecule has 2 aromatic carbocycles. The first-order valence-electron chi connectivity index (χ1n) is 9.11. The van der Waals surface area contributed by atoms with Crippen LogP contribution in [0.5, 0.6) is 0 Å². The summed E-state index contributed by atoms with van der Waals surface area (Å²) < 4.78 is 1.50. The smallest absolute Gasteiger partial charge is 0.261 e. The molecule has 1 aliphatic carbocycles. The van der Waals surface area contributed by atoms with Crippen LogP contribution in [0.2, 0.25) is 5.02 Å². The fourth-order valence-corrected chi connectivity index (χ4v) is 3.43. The van der Waals surface area contributed by atoms with Gasteiger partial charge in [0.05, 0.1) is 23.3 Å². The molecule has 3 aromatic rings. The van der Waals surface area contributed by atoms with Crippen LogP contribution in [0.25, 0.3) is 10.9 Å². The van der Waals surface area contributed by atoms with Crippen LogP contribution in [-0.2, 0) is 11.3 Å². The maximum absolute atomic E-state index is 12.5. The predicted molar refractivity (Wildman–Crippen MR) is 106 cm³/mol. The summed E-state index contributed by atoms with van der Waals surface area (Å²) in [5.41, 5.74) is 1.62. The molecule has 4 rings (SSSR count). The van der Waals surface area contributed by atoms with Gasteiger partial charge in [-0.15, -0.1) is 0 Å². The normalized spacial score (nSPS) is 14.9. The van der Waals surface area contributed by atoms with Crippen LogP contribution in [0.4, 0.5) is 0 Å². The summed E-state index contributed by atoms with van der Waals surface area (Å²) in [4.78, 5) is 29.3. The van der Waals surface area contributed by atoms with Crippen molar-refractivity contribution in [3.63, 3.8) is 0 Å². The summed E-state index contributed by atoms with van der Waals surface area (Å²) in [5.74, 6) is 0.405. The number of carbonyl (C=O) groups excluding carboxylic acids is 1. The summed E-state index contributed by atoms with van der Waals surface area (Å²) in [6.07, 6.45) is 3.97. The van der Waals surface area contributed by atoms with E-state index < -0.39 is 0 Å². The second kappa shape index (κ2) is 7.53. The van der Waals surface area contributed by atoms with Gasteiger partial charge in [-0.25, -0.2) is 4.98 Å². The summed E-state index contributed by atoms with van der Waals surface area (Å²) in [7, 11) is 0. The largest absolute Gasteiger partial charge is 0.349 e. The van der Waals surface area contributed by atoms with Crippen molar-refractivity contribution in [2.45, 2.75) is 31.8 Å². The summed E-state index contributed by atoms with van der Waals surface area (Å²) in [6, 6.07) is 14.8. The number of para-hydroxylation sites is 1. The number of fused-ring (bicyclic) bond motifs is 1. The SMILES string of the molecule is O=C(CCn1cnc2ccccc2c1=O)NC(c1ccc(Cl)cc1)C1CC1. The molecule has 0 radical (unpaired) electrons.